The Morgan fingerprint density at radius 1 is 0.731 bits per heavy atom. The average Bonchev–Trinajstić information content (AvgIpc) is 2.58. The van der Waals surface area contributed by atoms with Crippen LogP contribution in [0.25, 0.3) is 0 Å². The summed E-state index contributed by atoms with van der Waals surface area (Å²) in [6.07, 6.45) is 5.00. The normalized spacial score (nSPS) is 10.4. The number of hydrogen-bond acceptors (Lipinski definition) is 8. The zero-order valence-electron chi connectivity index (χ0n) is 14.8. The fourth-order valence-corrected chi connectivity index (χ4v) is 2.40. The zero-order valence-corrected chi connectivity index (χ0v) is 14.8. The highest BCUT2D eigenvalue weighted by molar-refractivity contribution is 5.72. The third-order valence-electron chi connectivity index (χ3n) is 3.64. The second-order valence-electron chi connectivity index (χ2n) is 5.74. The van der Waals surface area contributed by atoms with Crippen LogP contribution in [0.5, 0.6) is 0 Å². The van der Waals surface area contributed by atoms with Crippen molar-refractivity contribution >= 4 is 11.9 Å². The molecule has 0 fully saturated rings. The standard InChI is InChI=1S/C16H28N2O8/c1-13(25-23)18(14(2)26-24)10-8-6-4-3-5-7-9-17(11-15(19)20)12-16(21)22/h23-24H,1-12H2,(H,19,20)(H,21,22). The minimum absolute atomic E-state index is 0.110. The van der Waals surface area contributed by atoms with E-state index < -0.39 is 11.9 Å². The molecule has 150 valence electrons. The third-order valence-corrected chi connectivity index (χ3v) is 3.64. The highest BCUT2D eigenvalue weighted by atomic mass is 17.1. The van der Waals surface area contributed by atoms with Gasteiger partial charge in [0.2, 0.25) is 11.8 Å². The van der Waals surface area contributed by atoms with E-state index in [1.54, 1.807) is 0 Å². The van der Waals surface area contributed by atoms with Gasteiger partial charge >= 0.3 is 11.9 Å². The first kappa shape index (κ1) is 23.7. The maximum Gasteiger partial charge on any atom is 0.317 e. The van der Waals surface area contributed by atoms with Crippen LogP contribution in [0, 0.1) is 0 Å². The van der Waals surface area contributed by atoms with Crippen molar-refractivity contribution in [2.45, 2.75) is 38.5 Å². The molecular formula is C16H28N2O8. The van der Waals surface area contributed by atoms with Crippen molar-refractivity contribution in [3.63, 3.8) is 0 Å². The van der Waals surface area contributed by atoms with Gasteiger partial charge in [0.05, 0.1) is 13.1 Å². The van der Waals surface area contributed by atoms with Crippen LogP contribution < -0.4 is 0 Å². The van der Waals surface area contributed by atoms with Crippen molar-refractivity contribution in [3.05, 3.63) is 24.9 Å². The van der Waals surface area contributed by atoms with Crippen molar-refractivity contribution in [1.82, 2.24) is 9.80 Å². The van der Waals surface area contributed by atoms with Crippen molar-refractivity contribution in [2.24, 2.45) is 0 Å². The van der Waals surface area contributed by atoms with Crippen LogP contribution in [-0.4, -0.2) is 68.6 Å². The van der Waals surface area contributed by atoms with Crippen LogP contribution in [0.3, 0.4) is 0 Å². The molecule has 0 aliphatic heterocycles. The lowest BCUT2D eigenvalue weighted by atomic mass is 10.1. The van der Waals surface area contributed by atoms with Crippen molar-refractivity contribution in [2.75, 3.05) is 26.2 Å². The van der Waals surface area contributed by atoms with E-state index in [-0.39, 0.29) is 24.9 Å². The summed E-state index contributed by atoms with van der Waals surface area (Å²) < 4.78 is 0. The summed E-state index contributed by atoms with van der Waals surface area (Å²) in [6.45, 7) is 7.16. The highest BCUT2D eigenvalue weighted by Gasteiger charge is 2.14. The molecule has 0 atom stereocenters. The van der Waals surface area contributed by atoms with Crippen LogP contribution in [0.4, 0.5) is 0 Å². The molecule has 10 heteroatoms. The maximum absolute atomic E-state index is 10.7. The van der Waals surface area contributed by atoms with E-state index in [2.05, 4.69) is 22.9 Å². The Morgan fingerprint density at radius 2 is 1.12 bits per heavy atom. The third kappa shape index (κ3) is 11.3. The molecule has 0 radical (unpaired) electrons. The van der Waals surface area contributed by atoms with E-state index in [9.17, 15) is 9.59 Å². The Balaban J connectivity index is 3.91. The molecule has 0 aromatic carbocycles. The monoisotopic (exact) mass is 376 g/mol. The molecule has 0 unspecified atom stereocenters. The molecule has 0 aliphatic carbocycles. The Labute approximate surface area is 152 Å². The summed E-state index contributed by atoms with van der Waals surface area (Å²) in [7, 11) is 0. The Morgan fingerprint density at radius 3 is 1.50 bits per heavy atom. The second-order valence-corrected chi connectivity index (χ2v) is 5.74. The lowest BCUT2D eigenvalue weighted by Gasteiger charge is -2.22. The van der Waals surface area contributed by atoms with Gasteiger partial charge < -0.3 is 20.0 Å². The number of carboxylic acid groups (broad SMARTS) is 2. The van der Waals surface area contributed by atoms with E-state index in [1.165, 1.54) is 9.80 Å². The first-order chi connectivity index (χ1) is 12.3. The van der Waals surface area contributed by atoms with Gasteiger partial charge in [-0.15, -0.1) is 0 Å². The number of aliphatic carboxylic acids is 2. The molecular weight excluding hydrogens is 348 g/mol. The molecule has 0 heterocycles. The van der Waals surface area contributed by atoms with Gasteiger partial charge in [-0.1, -0.05) is 25.7 Å². The summed E-state index contributed by atoms with van der Waals surface area (Å²) in [5.74, 6) is -2.31. The number of unbranched alkanes of at least 4 members (excludes halogenated alkanes) is 5. The SMILES string of the molecule is C=C(OO)N(CCCCCCCCN(CC(=O)O)CC(=O)O)C(=C)OO. The van der Waals surface area contributed by atoms with Crippen LogP contribution >= 0.6 is 0 Å². The summed E-state index contributed by atoms with van der Waals surface area (Å²) in [5, 5.41) is 34.7. The van der Waals surface area contributed by atoms with Crippen LogP contribution in [0.1, 0.15) is 38.5 Å². The smallest absolute Gasteiger partial charge is 0.317 e. The topological polar surface area (TPSA) is 140 Å². The van der Waals surface area contributed by atoms with Crippen molar-refractivity contribution in [3.8, 4) is 0 Å². The fourth-order valence-electron chi connectivity index (χ4n) is 2.40. The maximum atomic E-state index is 10.7. The first-order valence-corrected chi connectivity index (χ1v) is 8.26. The van der Waals surface area contributed by atoms with E-state index in [0.29, 0.717) is 13.1 Å². The molecule has 0 rings (SSSR count). The number of carboxylic acids is 2. The molecule has 10 nitrogen and oxygen atoms in total. The lowest BCUT2D eigenvalue weighted by Crippen LogP contribution is -2.35. The minimum Gasteiger partial charge on any atom is -0.480 e. The number of carbonyl (C=O) groups is 2. The molecule has 0 spiro atoms. The summed E-state index contributed by atoms with van der Waals surface area (Å²) in [5.41, 5.74) is 0. The average molecular weight is 376 g/mol. The Bertz CT molecular complexity index is 437. The van der Waals surface area contributed by atoms with Gasteiger partial charge in [-0.3, -0.25) is 19.4 Å². The molecule has 0 saturated carbocycles. The molecule has 26 heavy (non-hydrogen) atoms. The molecule has 0 saturated heterocycles. The van der Waals surface area contributed by atoms with Gasteiger partial charge in [-0.05, 0) is 32.5 Å². The molecule has 0 aromatic rings. The zero-order chi connectivity index (χ0) is 19.9. The highest BCUT2D eigenvalue weighted by Crippen LogP contribution is 2.14. The lowest BCUT2D eigenvalue weighted by molar-refractivity contribution is -0.251. The Hall–Kier alpha value is -2.30. The molecule has 0 aliphatic rings. The summed E-state index contributed by atoms with van der Waals surface area (Å²) in [4.78, 5) is 32.1. The van der Waals surface area contributed by atoms with Gasteiger partial charge in [0.25, 0.3) is 0 Å². The van der Waals surface area contributed by atoms with Crippen molar-refractivity contribution in [1.29, 1.82) is 0 Å². The fraction of sp³-hybridized carbons (Fsp3) is 0.625. The molecule has 0 aromatic heterocycles. The van der Waals surface area contributed by atoms with Crippen LogP contribution in [0.2, 0.25) is 0 Å². The van der Waals surface area contributed by atoms with Crippen molar-refractivity contribution < 1.29 is 40.1 Å². The largest absolute Gasteiger partial charge is 0.480 e. The van der Waals surface area contributed by atoms with E-state index in [0.717, 1.165) is 38.5 Å². The predicted molar refractivity (Wildman–Crippen MR) is 91.8 cm³/mol. The molecule has 0 amide bonds. The van der Waals surface area contributed by atoms with Gasteiger partial charge in [-0.25, -0.2) is 10.5 Å². The summed E-state index contributed by atoms with van der Waals surface area (Å²) >= 11 is 0. The van der Waals surface area contributed by atoms with E-state index in [4.69, 9.17) is 20.7 Å². The number of rotatable bonds is 17. The Kier molecular flexibility index (Phi) is 12.7. The van der Waals surface area contributed by atoms with Crippen LogP contribution in [-0.2, 0) is 19.4 Å². The van der Waals surface area contributed by atoms with Gasteiger partial charge in [0.1, 0.15) is 0 Å². The van der Waals surface area contributed by atoms with E-state index >= 15 is 0 Å². The van der Waals surface area contributed by atoms with Crippen LogP contribution in [0.15, 0.2) is 24.9 Å². The quantitative estimate of drug-likeness (QED) is 0.129. The number of hydrogen-bond donors (Lipinski definition) is 4. The van der Waals surface area contributed by atoms with Gasteiger partial charge in [0, 0.05) is 6.54 Å². The second kappa shape index (κ2) is 13.9. The summed E-state index contributed by atoms with van der Waals surface area (Å²) in [6, 6.07) is 0. The van der Waals surface area contributed by atoms with E-state index in [1.807, 2.05) is 0 Å². The molecule has 0 bridgehead atoms. The minimum atomic E-state index is -1.04. The molecule has 4 N–H and O–H groups in total. The number of nitrogens with zero attached hydrogens (tertiary/aromatic N) is 2. The first-order valence-electron chi connectivity index (χ1n) is 8.26. The van der Waals surface area contributed by atoms with Gasteiger partial charge in [-0.2, -0.15) is 0 Å². The predicted octanol–water partition coefficient (Wildman–Crippen LogP) is 2.02. The van der Waals surface area contributed by atoms with Gasteiger partial charge in [0.15, 0.2) is 0 Å².